The molecule has 11 heavy (non-hydrogen) atoms. The summed E-state index contributed by atoms with van der Waals surface area (Å²) in [7, 11) is 1.79. The first-order chi connectivity index (χ1) is 5.24. The Kier molecular flexibility index (Phi) is 2.85. The van der Waals surface area contributed by atoms with Crippen LogP contribution in [0.5, 0.6) is 0 Å². The van der Waals surface area contributed by atoms with Crippen molar-refractivity contribution in [3.8, 4) is 0 Å². The predicted molar refractivity (Wildman–Crippen MR) is 52.2 cm³/mol. The molecule has 0 amide bonds. The van der Waals surface area contributed by atoms with Crippen molar-refractivity contribution in [2.24, 2.45) is 0 Å². The fraction of sp³-hybridized carbons (Fsp3) is 0.125. The minimum atomic E-state index is 0.708. The van der Waals surface area contributed by atoms with E-state index in [-0.39, 0.29) is 0 Å². The van der Waals surface area contributed by atoms with Crippen LogP contribution >= 0.6 is 23.8 Å². The highest BCUT2D eigenvalue weighted by atomic mass is 35.5. The molecule has 1 nitrogen and oxygen atoms in total. The summed E-state index contributed by atoms with van der Waals surface area (Å²) in [5.74, 6) is 0. The first-order valence-electron chi connectivity index (χ1n) is 3.21. The molecule has 0 aliphatic carbocycles. The molecule has 0 saturated heterocycles. The van der Waals surface area contributed by atoms with Gasteiger partial charge in [0.05, 0.1) is 0 Å². The number of benzene rings is 1. The van der Waals surface area contributed by atoms with Gasteiger partial charge in [0.1, 0.15) is 4.99 Å². The molecule has 0 bridgehead atoms. The zero-order valence-electron chi connectivity index (χ0n) is 6.10. The summed E-state index contributed by atoms with van der Waals surface area (Å²) < 4.78 is 0. The third-order valence-electron chi connectivity index (χ3n) is 1.31. The predicted octanol–water partition coefficient (Wildman–Crippen LogP) is 2.23. The molecule has 58 valence electrons. The zero-order chi connectivity index (χ0) is 8.27. The van der Waals surface area contributed by atoms with Gasteiger partial charge >= 0.3 is 0 Å². The molecule has 0 aromatic heterocycles. The average molecular weight is 186 g/mol. The number of halogens is 1. The van der Waals surface area contributed by atoms with Crippen molar-refractivity contribution in [1.29, 1.82) is 0 Å². The maximum Gasteiger partial charge on any atom is 0.106 e. The Hall–Kier alpha value is -0.600. The van der Waals surface area contributed by atoms with Crippen molar-refractivity contribution < 1.29 is 0 Å². The molecule has 1 aromatic rings. The second-order valence-corrected chi connectivity index (χ2v) is 2.93. The van der Waals surface area contributed by atoms with Gasteiger partial charge in [0, 0.05) is 17.6 Å². The van der Waals surface area contributed by atoms with Gasteiger partial charge < -0.3 is 5.32 Å². The molecule has 0 aliphatic rings. The van der Waals surface area contributed by atoms with E-state index < -0.39 is 0 Å². The Morgan fingerprint density at radius 3 is 2.82 bits per heavy atom. The fourth-order valence-corrected chi connectivity index (χ4v) is 1.09. The van der Waals surface area contributed by atoms with E-state index in [0.29, 0.717) is 10.0 Å². The lowest BCUT2D eigenvalue weighted by atomic mass is 10.2. The van der Waals surface area contributed by atoms with E-state index in [2.05, 4.69) is 5.32 Å². The molecule has 0 heterocycles. The summed E-state index contributed by atoms with van der Waals surface area (Å²) in [5.41, 5.74) is 0.954. The van der Waals surface area contributed by atoms with Crippen LogP contribution in [0.1, 0.15) is 5.56 Å². The van der Waals surface area contributed by atoms with Crippen LogP contribution in [0.3, 0.4) is 0 Å². The summed E-state index contributed by atoms with van der Waals surface area (Å²) in [6.07, 6.45) is 0. The number of hydrogen-bond acceptors (Lipinski definition) is 1. The molecule has 0 spiro atoms. The van der Waals surface area contributed by atoms with Crippen LogP contribution in [0, 0.1) is 0 Å². The van der Waals surface area contributed by atoms with E-state index in [1.807, 2.05) is 24.3 Å². The molecule has 1 rings (SSSR count). The Balaban J connectivity index is 2.96. The maximum absolute atomic E-state index is 5.76. The van der Waals surface area contributed by atoms with Crippen LogP contribution in [-0.2, 0) is 0 Å². The molecule has 0 fully saturated rings. The van der Waals surface area contributed by atoms with Gasteiger partial charge in [-0.3, -0.25) is 0 Å². The Labute approximate surface area is 76.4 Å². The normalized spacial score (nSPS) is 9.27. The van der Waals surface area contributed by atoms with Gasteiger partial charge in [-0.25, -0.2) is 0 Å². The van der Waals surface area contributed by atoms with E-state index >= 15 is 0 Å². The third kappa shape index (κ3) is 2.17. The van der Waals surface area contributed by atoms with Crippen LogP contribution in [0.15, 0.2) is 24.3 Å². The highest BCUT2D eigenvalue weighted by Crippen LogP contribution is 2.10. The molecule has 0 aliphatic heterocycles. The number of rotatable bonds is 1. The lowest BCUT2D eigenvalue weighted by Crippen LogP contribution is -2.16. The molecule has 1 aromatic carbocycles. The molecule has 0 atom stereocenters. The van der Waals surface area contributed by atoms with Gasteiger partial charge in [-0.1, -0.05) is 36.0 Å². The van der Waals surface area contributed by atoms with Crippen LogP contribution in [0.4, 0.5) is 0 Å². The highest BCUT2D eigenvalue weighted by molar-refractivity contribution is 7.80. The van der Waals surface area contributed by atoms with E-state index in [0.717, 1.165) is 5.56 Å². The summed E-state index contributed by atoms with van der Waals surface area (Å²) in [6, 6.07) is 7.45. The second kappa shape index (κ2) is 3.69. The minimum Gasteiger partial charge on any atom is -0.379 e. The monoisotopic (exact) mass is 185 g/mol. The summed E-state index contributed by atoms with van der Waals surface area (Å²) in [4.78, 5) is 0.715. The summed E-state index contributed by atoms with van der Waals surface area (Å²) in [6.45, 7) is 0. The third-order valence-corrected chi connectivity index (χ3v) is 1.99. The van der Waals surface area contributed by atoms with Gasteiger partial charge in [-0.15, -0.1) is 0 Å². The zero-order valence-corrected chi connectivity index (χ0v) is 7.67. The van der Waals surface area contributed by atoms with Crippen molar-refractivity contribution in [2.45, 2.75) is 0 Å². The molecule has 0 saturated carbocycles. The Bertz CT molecular complexity index is 273. The van der Waals surface area contributed by atoms with Crippen LogP contribution in [0.25, 0.3) is 0 Å². The fourth-order valence-electron chi connectivity index (χ4n) is 0.774. The molecular weight excluding hydrogens is 178 g/mol. The minimum absolute atomic E-state index is 0.708. The van der Waals surface area contributed by atoms with Crippen LogP contribution in [0.2, 0.25) is 5.02 Å². The van der Waals surface area contributed by atoms with Crippen LogP contribution in [-0.4, -0.2) is 12.0 Å². The number of thiocarbonyl (C=S) groups is 1. The van der Waals surface area contributed by atoms with Gasteiger partial charge in [0.25, 0.3) is 0 Å². The maximum atomic E-state index is 5.76. The Morgan fingerprint density at radius 1 is 1.55 bits per heavy atom. The second-order valence-electron chi connectivity index (χ2n) is 2.09. The van der Waals surface area contributed by atoms with Gasteiger partial charge in [-0.2, -0.15) is 0 Å². The Morgan fingerprint density at radius 2 is 2.27 bits per heavy atom. The van der Waals surface area contributed by atoms with Crippen molar-refractivity contribution in [3.63, 3.8) is 0 Å². The van der Waals surface area contributed by atoms with E-state index in [9.17, 15) is 0 Å². The van der Waals surface area contributed by atoms with Crippen molar-refractivity contribution in [1.82, 2.24) is 5.32 Å². The SMILES string of the molecule is CNC(=S)c1cccc(Cl)c1. The van der Waals surface area contributed by atoms with E-state index in [1.54, 1.807) is 7.05 Å². The molecule has 0 radical (unpaired) electrons. The van der Waals surface area contributed by atoms with E-state index in [4.69, 9.17) is 23.8 Å². The van der Waals surface area contributed by atoms with Crippen molar-refractivity contribution in [2.75, 3.05) is 7.05 Å². The van der Waals surface area contributed by atoms with Crippen molar-refractivity contribution >= 4 is 28.8 Å². The van der Waals surface area contributed by atoms with Gasteiger partial charge in [0.15, 0.2) is 0 Å². The molecular formula is C8H8ClNS. The van der Waals surface area contributed by atoms with Crippen LogP contribution < -0.4 is 5.32 Å². The number of nitrogens with one attached hydrogen (secondary N) is 1. The smallest absolute Gasteiger partial charge is 0.106 e. The largest absolute Gasteiger partial charge is 0.379 e. The first kappa shape index (κ1) is 8.50. The average Bonchev–Trinajstić information content (AvgIpc) is 2.03. The van der Waals surface area contributed by atoms with Crippen molar-refractivity contribution in [3.05, 3.63) is 34.9 Å². The number of hydrogen-bond donors (Lipinski definition) is 1. The molecule has 3 heteroatoms. The lowest BCUT2D eigenvalue weighted by molar-refractivity contribution is 1.20. The topological polar surface area (TPSA) is 12.0 Å². The highest BCUT2D eigenvalue weighted by Gasteiger charge is 1.96. The summed E-state index contributed by atoms with van der Waals surface area (Å²) >= 11 is 10.8. The quantitative estimate of drug-likeness (QED) is 0.674. The van der Waals surface area contributed by atoms with E-state index in [1.165, 1.54) is 0 Å². The molecule has 0 unspecified atom stereocenters. The first-order valence-corrected chi connectivity index (χ1v) is 4.00. The summed E-state index contributed by atoms with van der Waals surface area (Å²) in [5, 5.41) is 3.59. The van der Waals surface area contributed by atoms with Gasteiger partial charge in [-0.05, 0) is 12.1 Å². The molecule has 1 N–H and O–H groups in total. The van der Waals surface area contributed by atoms with Gasteiger partial charge in [0.2, 0.25) is 0 Å². The standard InChI is InChI=1S/C8H8ClNS/c1-10-8(11)6-3-2-4-7(9)5-6/h2-5H,1H3,(H,10,11). The lowest BCUT2D eigenvalue weighted by Gasteiger charge is -2.01.